The molecule has 1 rings (SSSR count). The van der Waals surface area contributed by atoms with Gasteiger partial charge in [-0.2, -0.15) is 22.0 Å². The third-order valence-electron chi connectivity index (χ3n) is 5.31. The average molecular weight is 404 g/mol. The molecule has 0 aliphatic carbocycles. The predicted octanol–water partition coefficient (Wildman–Crippen LogP) is 4.69. The van der Waals surface area contributed by atoms with Gasteiger partial charge in [0.1, 0.15) is 0 Å². The number of ether oxygens (including phenoxy) is 2. The van der Waals surface area contributed by atoms with Crippen LogP contribution >= 0.6 is 0 Å². The Labute approximate surface area is 156 Å². The lowest BCUT2D eigenvalue weighted by Crippen LogP contribution is -2.63. The molecule has 0 aromatic carbocycles. The van der Waals surface area contributed by atoms with E-state index in [9.17, 15) is 31.9 Å². The van der Waals surface area contributed by atoms with Crippen molar-refractivity contribution in [2.75, 3.05) is 6.61 Å². The van der Waals surface area contributed by atoms with E-state index in [0.717, 1.165) is 0 Å². The topological polar surface area (TPSA) is 55.8 Å². The van der Waals surface area contributed by atoms with Gasteiger partial charge in [0.05, 0.1) is 12.5 Å². The van der Waals surface area contributed by atoms with Gasteiger partial charge < -0.3 is 14.6 Å². The summed E-state index contributed by atoms with van der Waals surface area (Å²) >= 11 is 0. The van der Waals surface area contributed by atoms with Gasteiger partial charge >= 0.3 is 23.9 Å². The van der Waals surface area contributed by atoms with Gasteiger partial charge in [0.15, 0.2) is 0 Å². The van der Waals surface area contributed by atoms with E-state index in [0.29, 0.717) is 19.8 Å². The van der Waals surface area contributed by atoms with Gasteiger partial charge in [0.2, 0.25) is 5.60 Å². The van der Waals surface area contributed by atoms with E-state index in [1.165, 1.54) is 0 Å². The molecule has 4 nitrogen and oxygen atoms in total. The third kappa shape index (κ3) is 4.23. The molecule has 1 aliphatic rings. The molecule has 0 saturated carbocycles. The molecule has 1 heterocycles. The molecule has 0 spiro atoms. The van der Waals surface area contributed by atoms with Crippen molar-refractivity contribution in [3.05, 3.63) is 0 Å². The van der Waals surface area contributed by atoms with Gasteiger partial charge in [0.25, 0.3) is 0 Å². The molecule has 0 amide bonds. The lowest BCUT2D eigenvalue weighted by Gasteiger charge is -2.40. The Morgan fingerprint density at radius 3 is 2.00 bits per heavy atom. The first-order chi connectivity index (χ1) is 11.7. The lowest BCUT2D eigenvalue weighted by atomic mass is 9.69. The van der Waals surface area contributed by atoms with Gasteiger partial charge in [-0.15, -0.1) is 0 Å². The molecule has 27 heavy (non-hydrogen) atoms. The standard InChI is InChI=1S/C18H29F5O4/c1-8-14(5,6)11(9-13(2,3)4)12(24)27-15(7)10-26-17(25,16(15,19)20)18(21,22)23/h11,25H,8-10H2,1-7H3. The molecule has 160 valence electrons. The second kappa shape index (κ2) is 6.83. The average Bonchev–Trinajstić information content (AvgIpc) is 2.64. The second-order valence-corrected chi connectivity index (χ2v) is 9.32. The van der Waals surface area contributed by atoms with Crippen LogP contribution in [0.1, 0.15) is 61.3 Å². The van der Waals surface area contributed by atoms with Crippen LogP contribution in [-0.4, -0.2) is 41.2 Å². The Bertz CT molecular complexity index is 567. The summed E-state index contributed by atoms with van der Waals surface area (Å²) in [4.78, 5) is 12.8. The normalized spacial score (nSPS) is 30.3. The number of carbonyl (C=O) groups is 1. The first kappa shape index (κ1) is 24.1. The van der Waals surface area contributed by atoms with Gasteiger partial charge in [0, 0.05) is 0 Å². The number of rotatable bonds is 5. The fourth-order valence-electron chi connectivity index (χ4n) is 2.97. The summed E-state index contributed by atoms with van der Waals surface area (Å²) in [5.41, 5.74) is -3.93. The zero-order valence-electron chi connectivity index (χ0n) is 16.8. The molecule has 0 aromatic rings. The number of hydrogen-bond acceptors (Lipinski definition) is 4. The fraction of sp³-hybridized carbons (Fsp3) is 0.944. The number of carbonyl (C=O) groups excluding carboxylic acids is 1. The van der Waals surface area contributed by atoms with E-state index in [1.807, 2.05) is 27.7 Å². The fourth-order valence-corrected chi connectivity index (χ4v) is 2.97. The van der Waals surface area contributed by atoms with Crippen molar-refractivity contribution >= 4 is 5.97 Å². The van der Waals surface area contributed by atoms with E-state index in [1.54, 1.807) is 13.8 Å². The maximum absolute atomic E-state index is 14.5. The smallest absolute Gasteiger partial charge is 0.449 e. The molecule has 9 heteroatoms. The van der Waals surface area contributed by atoms with Crippen LogP contribution in [0.5, 0.6) is 0 Å². The van der Waals surface area contributed by atoms with E-state index >= 15 is 0 Å². The Morgan fingerprint density at radius 2 is 1.67 bits per heavy atom. The maximum Gasteiger partial charge on any atom is 0.449 e. The first-order valence-electron chi connectivity index (χ1n) is 8.78. The highest BCUT2D eigenvalue weighted by molar-refractivity contribution is 5.74. The van der Waals surface area contributed by atoms with Gasteiger partial charge in [-0.05, 0) is 24.2 Å². The van der Waals surface area contributed by atoms with Crippen molar-refractivity contribution in [2.45, 2.75) is 84.8 Å². The summed E-state index contributed by atoms with van der Waals surface area (Å²) in [6.45, 7) is 10.3. The minimum absolute atomic E-state index is 0.290. The number of halogens is 5. The Balaban J connectivity index is 3.22. The minimum atomic E-state index is -5.76. The number of hydrogen-bond donors (Lipinski definition) is 1. The van der Waals surface area contributed by atoms with Crippen LogP contribution in [0.2, 0.25) is 0 Å². The molecule has 3 atom stereocenters. The van der Waals surface area contributed by atoms with Gasteiger partial charge in [-0.1, -0.05) is 48.0 Å². The maximum atomic E-state index is 14.5. The molecule has 0 aromatic heterocycles. The van der Waals surface area contributed by atoms with Crippen molar-refractivity contribution < 1.29 is 41.3 Å². The van der Waals surface area contributed by atoms with Crippen LogP contribution in [0.25, 0.3) is 0 Å². The second-order valence-electron chi connectivity index (χ2n) is 9.32. The molecular weight excluding hydrogens is 375 g/mol. The summed E-state index contributed by atoms with van der Waals surface area (Å²) in [7, 11) is 0. The summed E-state index contributed by atoms with van der Waals surface area (Å²) < 4.78 is 76.8. The van der Waals surface area contributed by atoms with Crippen LogP contribution in [0.3, 0.4) is 0 Å². The third-order valence-corrected chi connectivity index (χ3v) is 5.31. The van der Waals surface area contributed by atoms with Crippen molar-refractivity contribution in [3.63, 3.8) is 0 Å². The molecule has 1 N–H and O–H groups in total. The number of esters is 1. The van der Waals surface area contributed by atoms with Crippen molar-refractivity contribution in [1.29, 1.82) is 0 Å². The molecule has 3 unspecified atom stereocenters. The van der Waals surface area contributed by atoms with Crippen molar-refractivity contribution in [2.24, 2.45) is 16.7 Å². The largest absolute Gasteiger partial charge is 0.450 e. The van der Waals surface area contributed by atoms with E-state index in [-0.39, 0.29) is 5.41 Å². The van der Waals surface area contributed by atoms with Crippen LogP contribution in [0.15, 0.2) is 0 Å². The Hall–Kier alpha value is -0.960. The highest BCUT2D eigenvalue weighted by atomic mass is 19.4. The summed E-state index contributed by atoms with van der Waals surface area (Å²) in [6.07, 6.45) is -4.94. The number of aliphatic hydroxyl groups is 1. The van der Waals surface area contributed by atoms with Crippen molar-refractivity contribution in [3.8, 4) is 0 Å². The zero-order chi connectivity index (χ0) is 21.7. The quantitative estimate of drug-likeness (QED) is 0.533. The van der Waals surface area contributed by atoms with E-state index in [4.69, 9.17) is 4.74 Å². The van der Waals surface area contributed by atoms with Crippen LogP contribution < -0.4 is 0 Å². The van der Waals surface area contributed by atoms with Gasteiger partial charge in [-0.3, -0.25) is 4.79 Å². The monoisotopic (exact) mass is 404 g/mol. The predicted molar refractivity (Wildman–Crippen MR) is 88.0 cm³/mol. The zero-order valence-corrected chi connectivity index (χ0v) is 16.8. The Morgan fingerprint density at radius 1 is 1.19 bits per heavy atom. The molecule has 0 bridgehead atoms. The SMILES string of the molecule is CCC(C)(C)C(CC(C)(C)C)C(=O)OC1(C)COC(O)(C(F)(F)F)C1(F)F. The summed E-state index contributed by atoms with van der Waals surface area (Å²) in [5.74, 6) is -11.4. The number of alkyl halides is 5. The summed E-state index contributed by atoms with van der Waals surface area (Å²) in [6, 6.07) is 0. The Kier molecular flexibility index (Phi) is 6.09. The highest BCUT2D eigenvalue weighted by Crippen LogP contribution is 2.55. The van der Waals surface area contributed by atoms with Gasteiger partial charge in [-0.25, -0.2) is 0 Å². The molecular formula is C18H29F5O4. The van der Waals surface area contributed by atoms with E-state index < -0.39 is 47.4 Å². The highest BCUT2D eigenvalue weighted by Gasteiger charge is 2.82. The lowest BCUT2D eigenvalue weighted by molar-refractivity contribution is -0.409. The summed E-state index contributed by atoms with van der Waals surface area (Å²) in [5, 5.41) is 9.45. The van der Waals surface area contributed by atoms with Crippen LogP contribution in [-0.2, 0) is 14.3 Å². The molecule has 1 fully saturated rings. The van der Waals surface area contributed by atoms with Crippen LogP contribution in [0, 0.1) is 16.7 Å². The van der Waals surface area contributed by atoms with Crippen LogP contribution in [0.4, 0.5) is 22.0 Å². The molecule has 1 aliphatic heterocycles. The first-order valence-corrected chi connectivity index (χ1v) is 8.78. The minimum Gasteiger partial charge on any atom is -0.450 e. The molecule has 0 radical (unpaired) electrons. The van der Waals surface area contributed by atoms with Crippen molar-refractivity contribution in [1.82, 2.24) is 0 Å². The van der Waals surface area contributed by atoms with E-state index in [2.05, 4.69) is 4.74 Å². The molecule has 1 saturated heterocycles.